The summed E-state index contributed by atoms with van der Waals surface area (Å²) in [5.41, 5.74) is 7.78. The molecule has 1 N–H and O–H groups in total. The Morgan fingerprint density at radius 3 is 2.41 bits per heavy atom. The van der Waals surface area contributed by atoms with Crippen molar-refractivity contribution < 1.29 is 30.9 Å². The third kappa shape index (κ3) is 3.25. The number of para-hydroxylation sites is 2. The summed E-state index contributed by atoms with van der Waals surface area (Å²) in [5.74, 6) is 1.25. The second-order valence-electron chi connectivity index (χ2n) is 12.5. The molecule has 220 valence electrons. The summed E-state index contributed by atoms with van der Waals surface area (Å²) in [6.45, 7) is 9.06. The van der Waals surface area contributed by atoms with Crippen molar-refractivity contribution in [2.75, 3.05) is 0 Å². The fraction of sp³-hybridized carbons (Fsp3) is 0.167. The van der Waals surface area contributed by atoms with Crippen LogP contribution in [0, 0.1) is 6.07 Å². The van der Waals surface area contributed by atoms with Crippen LogP contribution >= 0.6 is 0 Å². The van der Waals surface area contributed by atoms with Crippen LogP contribution in [0.1, 0.15) is 39.0 Å². The molecular formula is C36H28N5O2Pt-. The van der Waals surface area contributed by atoms with Crippen LogP contribution in [-0.4, -0.2) is 28.4 Å². The molecule has 0 radical (unpaired) electrons. The average molecular weight is 758 g/mol. The Kier molecular flexibility index (Phi) is 5.49. The molecule has 1 aliphatic heterocycles. The maximum absolute atomic E-state index is 11.0. The minimum atomic E-state index is -0.363. The number of ether oxygens (including phenoxy) is 1. The van der Waals surface area contributed by atoms with Gasteiger partial charge in [-0.15, -0.1) is 18.2 Å². The van der Waals surface area contributed by atoms with Gasteiger partial charge in [0.1, 0.15) is 16.9 Å². The van der Waals surface area contributed by atoms with Crippen molar-refractivity contribution in [1.82, 2.24) is 23.3 Å². The molecule has 0 bridgehead atoms. The summed E-state index contributed by atoms with van der Waals surface area (Å²) in [6.07, 6.45) is 3.72. The Balaban J connectivity index is 0.00000289. The van der Waals surface area contributed by atoms with Crippen molar-refractivity contribution in [3.05, 3.63) is 109 Å². The van der Waals surface area contributed by atoms with Crippen molar-refractivity contribution in [3.63, 3.8) is 0 Å². The van der Waals surface area contributed by atoms with Crippen molar-refractivity contribution in [1.29, 1.82) is 0 Å². The van der Waals surface area contributed by atoms with E-state index in [-0.39, 0.29) is 37.6 Å². The number of aromatic nitrogens is 5. The fourth-order valence-corrected chi connectivity index (χ4v) is 7.11. The molecule has 0 fully saturated rings. The molecule has 0 spiro atoms. The van der Waals surface area contributed by atoms with Gasteiger partial charge >= 0.3 is 0 Å². The normalized spacial score (nSPS) is 15.1. The zero-order valence-corrected chi connectivity index (χ0v) is 26.8. The molecule has 8 heteroatoms. The van der Waals surface area contributed by atoms with Crippen molar-refractivity contribution in [3.8, 4) is 23.1 Å². The Bertz CT molecular complexity index is 2410. The predicted octanol–water partition coefficient (Wildman–Crippen LogP) is 8.10. The molecular weight excluding hydrogens is 730 g/mol. The van der Waals surface area contributed by atoms with Gasteiger partial charge in [-0.3, -0.25) is 4.40 Å². The van der Waals surface area contributed by atoms with Gasteiger partial charge < -0.3 is 18.8 Å². The molecule has 0 unspecified atom stereocenters. The second-order valence-corrected chi connectivity index (χ2v) is 12.5. The summed E-state index contributed by atoms with van der Waals surface area (Å²) in [6, 6.07) is 29.9. The maximum atomic E-state index is 11.0. The zero-order valence-electron chi connectivity index (χ0n) is 24.6. The summed E-state index contributed by atoms with van der Waals surface area (Å²) < 4.78 is 13.1. The Morgan fingerprint density at radius 2 is 1.55 bits per heavy atom. The van der Waals surface area contributed by atoms with Crippen molar-refractivity contribution in [2.24, 2.45) is 0 Å². The van der Waals surface area contributed by atoms with E-state index >= 15 is 0 Å². The summed E-state index contributed by atoms with van der Waals surface area (Å²) >= 11 is 0. The molecule has 1 aliphatic rings. The van der Waals surface area contributed by atoms with E-state index < -0.39 is 0 Å². The van der Waals surface area contributed by atoms with Crippen LogP contribution < -0.4 is 4.74 Å². The molecule has 7 nitrogen and oxygen atoms in total. The minimum Gasteiger partial charge on any atom is -0.506 e. The summed E-state index contributed by atoms with van der Waals surface area (Å²) in [5, 5.41) is 13.2. The van der Waals surface area contributed by atoms with Crippen LogP contribution in [0.2, 0.25) is 0 Å². The number of hydrogen-bond donors (Lipinski definition) is 1. The third-order valence-corrected chi connectivity index (χ3v) is 9.88. The molecule has 5 aromatic heterocycles. The quantitative estimate of drug-likeness (QED) is 0.185. The summed E-state index contributed by atoms with van der Waals surface area (Å²) in [4.78, 5) is 9.83. The van der Waals surface area contributed by atoms with Gasteiger partial charge in [0.2, 0.25) is 5.88 Å². The number of hydrogen-bond acceptors (Lipinski definition) is 4. The van der Waals surface area contributed by atoms with E-state index in [0.717, 1.165) is 44.4 Å². The van der Waals surface area contributed by atoms with Crippen LogP contribution in [0.15, 0.2) is 91.3 Å². The Labute approximate surface area is 267 Å². The molecule has 0 saturated heterocycles. The summed E-state index contributed by atoms with van der Waals surface area (Å²) in [7, 11) is 0. The molecule has 9 rings (SSSR count). The Morgan fingerprint density at radius 1 is 0.773 bits per heavy atom. The van der Waals surface area contributed by atoms with Gasteiger partial charge in [0.25, 0.3) is 0 Å². The topological polar surface area (TPSA) is 69.0 Å². The van der Waals surface area contributed by atoms with E-state index in [0.29, 0.717) is 22.8 Å². The van der Waals surface area contributed by atoms with E-state index in [1.165, 1.54) is 5.56 Å². The van der Waals surface area contributed by atoms with E-state index in [9.17, 15) is 5.11 Å². The van der Waals surface area contributed by atoms with Gasteiger partial charge in [-0.25, -0.2) is 4.98 Å². The van der Waals surface area contributed by atoms with Gasteiger partial charge in [0.15, 0.2) is 5.65 Å². The number of fused-ring (bicyclic) bond motifs is 6. The largest absolute Gasteiger partial charge is 0.506 e. The first-order chi connectivity index (χ1) is 20.8. The van der Waals surface area contributed by atoms with E-state index in [1.54, 1.807) is 6.07 Å². The first kappa shape index (κ1) is 27.0. The first-order valence-electron chi connectivity index (χ1n) is 14.5. The minimum absolute atomic E-state index is 0. The zero-order chi connectivity index (χ0) is 29.2. The molecule has 0 saturated carbocycles. The van der Waals surface area contributed by atoms with Crippen molar-refractivity contribution in [2.45, 2.75) is 38.5 Å². The molecule has 0 amide bonds. The monoisotopic (exact) mass is 757 g/mol. The van der Waals surface area contributed by atoms with E-state index in [4.69, 9.17) is 14.7 Å². The smallest absolute Gasteiger partial charge is 0.240 e. The molecule has 0 aliphatic carbocycles. The number of nitrogens with zero attached hydrogens (tertiary/aromatic N) is 5. The molecule has 6 heterocycles. The van der Waals surface area contributed by atoms with Gasteiger partial charge in [0, 0.05) is 60.8 Å². The van der Waals surface area contributed by atoms with Crippen LogP contribution in [0.4, 0.5) is 0 Å². The third-order valence-electron chi connectivity index (χ3n) is 9.88. The van der Waals surface area contributed by atoms with Crippen LogP contribution in [-0.2, 0) is 31.9 Å². The molecule has 8 aromatic rings. The van der Waals surface area contributed by atoms with Crippen molar-refractivity contribution >= 4 is 44.1 Å². The van der Waals surface area contributed by atoms with E-state index in [1.807, 2.05) is 47.1 Å². The second kappa shape index (κ2) is 8.96. The van der Waals surface area contributed by atoms with Gasteiger partial charge in [0.05, 0.1) is 22.2 Å². The molecule has 0 atom stereocenters. The number of rotatable bonds is 3. The first-order valence-corrected chi connectivity index (χ1v) is 14.5. The molecule has 44 heavy (non-hydrogen) atoms. The Hall–Kier alpha value is -4.61. The van der Waals surface area contributed by atoms with Crippen LogP contribution in [0.5, 0.6) is 17.4 Å². The van der Waals surface area contributed by atoms with Gasteiger partial charge in [-0.1, -0.05) is 63.7 Å². The van der Waals surface area contributed by atoms with Crippen LogP contribution in [0.3, 0.4) is 0 Å². The van der Waals surface area contributed by atoms with Crippen LogP contribution in [0.25, 0.3) is 49.8 Å². The van der Waals surface area contributed by atoms with Gasteiger partial charge in [-0.05, 0) is 35.9 Å². The SMILES string of the molecule is CC1(C)c2cccc3c2n2c(c(Oc4[c-]c(-n5c6ccccc6c6cccnc65)ccc4)nc2c2c(O)ccn32)C1(C)C.[Pt]. The number of imidazole rings is 1. The standard InChI is InChI=1S/C36H28N5O2.Pt/c1-35(2)25-14-8-16-27-29(25)41-31(36(35,3)4)34(38-33(41)30-28(42)17-19-39(27)30)43-22-11-7-10-21(20-22)40-26-15-6-5-12-23(26)24-13-9-18-37-32(24)40;/h5-19,42H,1-4H3;/q-1;. The number of benzene rings is 3. The van der Waals surface area contributed by atoms with Gasteiger partial charge in [-0.2, -0.15) is 11.1 Å². The fourth-order valence-electron chi connectivity index (χ4n) is 7.11. The number of pyridine rings is 1. The van der Waals surface area contributed by atoms with E-state index in [2.05, 4.69) is 85.2 Å². The predicted molar refractivity (Wildman–Crippen MR) is 169 cm³/mol. The molecule has 3 aromatic carbocycles. The average Bonchev–Trinajstić information content (AvgIpc) is 3.68. The maximum Gasteiger partial charge on any atom is 0.240 e. The number of aromatic hydroxyl groups is 1.